The zero-order valence-electron chi connectivity index (χ0n) is 18.3. The van der Waals surface area contributed by atoms with Crippen molar-refractivity contribution in [3.05, 3.63) is 60.1 Å². The summed E-state index contributed by atoms with van der Waals surface area (Å²) in [6.07, 6.45) is 0.565. The molecular weight excluding hydrogens is 435 g/mol. The van der Waals surface area contributed by atoms with Gasteiger partial charge in [-0.3, -0.25) is 0 Å². The Hall–Kier alpha value is -3.66. The van der Waals surface area contributed by atoms with Crippen LogP contribution in [0.5, 0.6) is 0 Å². The molecule has 0 aliphatic heterocycles. The highest BCUT2D eigenvalue weighted by Gasteiger charge is 2.29. The number of ether oxygens (including phenoxy) is 1. The molecule has 0 fully saturated rings. The number of hydrogen-bond acceptors (Lipinski definition) is 5. The Morgan fingerprint density at radius 3 is 2.67 bits per heavy atom. The number of nitrogens with zero attached hydrogens (tertiary/aromatic N) is 4. The molecular formula is C23H22F3N5O2. The molecule has 7 nitrogen and oxygen atoms in total. The van der Waals surface area contributed by atoms with E-state index in [9.17, 15) is 18.0 Å². The number of carbonyl (C=O) groups excluding carboxylic acids is 1. The molecule has 0 spiro atoms. The number of carbonyl (C=O) groups is 1. The third-order valence-electron chi connectivity index (χ3n) is 5.47. The van der Waals surface area contributed by atoms with Crippen LogP contribution in [0.4, 0.5) is 13.2 Å². The molecule has 0 bridgehead atoms. The van der Waals surface area contributed by atoms with Crippen LogP contribution in [-0.2, 0) is 18.3 Å². The van der Waals surface area contributed by atoms with Gasteiger partial charge in [0.25, 0.3) is 5.92 Å². The molecule has 1 aromatic carbocycles. The molecule has 4 aromatic rings. The summed E-state index contributed by atoms with van der Waals surface area (Å²) in [5.41, 5.74) is 7.37. The van der Waals surface area contributed by atoms with E-state index in [-0.39, 0.29) is 22.4 Å². The zero-order valence-corrected chi connectivity index (χ0v) is 18.3. The third-order valence-corrected chi connectivity index (χ3v) is 5.47. The minimum absolute atomic E-state index is 0.00544. The normalized spacial score (nSPS) is 12.9. The van der Waals surface area contributed by atoms with Gasteiger partial charge in [0.15, 0.2) is 5.82 Å². The first-order chi connectivity index (χ1) is 15.6. The Bertz CT molecular complexity index is 1400. The lowest BCUT2D eigenvalue weighted by Crippen LogP contribution is -2.22. The van der Waals surface area contributed by atoms with E-state index in [0.29, 0.717) is 28.5 Å². The van der Waals surface area contributed by atoms with Gasteiger partial charge in [-0.05, 0) is 43.3 Å². The minimum atomic E-state index is -3.24. The van der Waals surface area contributed by atoms with E-state index in [1.807, 2.05) is 0 Å². The van der Waals surface area contributed by atoms with Gasteiger partial charge in [-0.15, -0.1) is 0 Å². The van der Waals surface area contributed by atoms with Crippen LogP contribution in [0.1, 0.15) is 29.0 Å². The summed E-state index contributed by atoms with van der Waals surface area (Å²) in [5.74, 6) is -4.41. The maximum Gasteiger partial charge on any atom is 0.338 e. The molecule has 2 N–H and O–H groups in total. The van der Waals surface area contributed by atoms with Crippen molar-refractivity contribution >= 4 is 28.0 Å². The number of esters is 1. The summed E-state index contributed by atoms with van der Waals surface area (Å²) in [6, 6.07) is 7.17. The Kier molecular flexibility index (Phi) is 5.49. The van der Waals surface area contributed by atoms with Crippen molar-refractivity contribution in [3.63, 3.8) is 0 Å². The molecule has 33 heavy (non-hydrogen) atoms. The molecule has 0 radical (unpaired) electrons. The van der Waals surface area contributed by atoms with Gasteiger partial charge in [0.1, 0.15) is 17.0 Å². The number of rotatable bonds is 6. The van der Waals surface area contributed by atoms with Gasteiger partial charge in [-0.1, -0.05) is 6.58 Å². The number of nitrogens with two attached hydrogens (primary N) is 1. The van der Waals surface area contributed by atoms with Crippen LogP contribution >= 0.6 is 0 Å². The molecule has 10 heteroatoms. The lowest BCUT2D eigenvalue weighted by atomic mass is 10.2. The van der Waals surface area contributed by atoms with Crippen molar-refractivity contribution in [3.8, 4) is 11.5 Å². The number of imidazole rings is 1. The first-order valence-corrected chi connectivity index (χ1v) is 10.1. The smallest absolute Gasteiger partial charge is 0.338 e. The molecule has 3 heterocycles. The monoisotopic (exact) mass is 457 g/mol. The molecule has 0 saturated heterocycles. The number of methoxy groups -OCH3 is 1. The van der Waals surface area contributed by atoms with Crippen LogP contribution in [0, 0.1) is 5.82 Å². The lowest BCUT2D eigenvalue weighted by molar-refractivity contribution is 0.0379. The number of aromatic nitrogens is 4. The summed E-state index contributed by atoms with van der Waals surface area (Å²) in [4.78, 5) is 20.8. The number of alkyl halides is 2. The van der Waals surface area contributed by atoms with Gasteiger partial charge < -0.3 is 19.6 Å². The van der Waals surface area contributed by atoms with Crippen molar-refractivity contribution in [1.29, 1.82) is 0 Å². The fraction of sp³-hybridized carbons (Fsp3) is 0.261. The predicted molar refractivity (Wildman–Crippen MR) is 118 cm³/mol. The fourth-order valence-electron chi connectivity index (χ4n) is 3.78. The standard InChI is InChI=1S/C23H22F3N5O2/c1-5-23(25,26)11-31-18(10-13-6-7-16(12(2)27)28-20(13)31)21-29-17-9-14(22(32)33-4)8-15(24)19(17)30(21)3/h5-10,12H,1,11,27H2,2-4H3. The highest BCUT2D eigenvalue weighted by Crippen LogP contribution is 2.33. The Balaban J connectivity index is 2.00. The molecule has 172 valence electrons. The van der Waals surface area contributed by atoms with Crippen LogP contribution in [0.3, 0.4) is 0 Å². The quantitative estimate of drug-likeness (QED) is 0.343. The van der Waals surface area contributed by atoms with Crippen LogP contribution < -0.4 is 5.73 Å². The van der Waals surface area contributed by atoms with Gasteiger partial charge in [0.2, 0.25) is 0 Å². The molecule has 0 aliphatic rings. The maximum atomic E-state index is 14.9. The summed E-state index contributed by atoms with van der Waals surface area (Å²) in [7, 11) is 2.76. The molecule has 0 amide bonds. The van der Waals surface area contributed by atoms with Gasteiger partial charge in [-0.25, -0.2) is 27.9 Å². The molecule has 0 aliphatic carbocycles. The topological polar surface area (TPSA) is 88.0 Å². The second-order valence-electron chi connectivity index (χ2n) is 7.83. The van der Waals surface area contributed by atoms with E-state index < -0.39 is 30.3 Å². The van der Waals surface area contributed by atoms with Gasteiger partial charge in [0, 0.05) is 18.5 Å². The Morgan fingerprint density at radius 2 is 2.03 bits per heavy atom. The molecule has 1 atom stereocenters. The van der Waals surface area contributed by atoms with E-state index in [1.54, 1.807) is 32.2 Å². The van der Waals surface area contributed by atoms with Crippen LogP contribution in [0.25, 0.3) is 33.6 Å². The van der Waals surface area contributed by atoms with Crippen molar-refractivity contribution in [1.82, 2.24) is 19.1 Å². The van der Waals surface area contributed by atoms with Gasteiger partial charge >= 0.3 is 5.97 Å². The highest BCUT2D eigenvalue weighted by molar-refractivity contribution is 5.95. The Labute approximate surface area is 187 Å². The van der Waals surface area contributed by atoms with Gasteiger partial charge in [0.05, 0.1) is 36.1 Å². The van der Waals surface area contributed by atoms with Gasteiger partial charge in [-0.2, -0.15) is 0 Å². The maximum absolute atomic E-state index is 14.9. The average molecular weight is 457 g/mol. The zero-order chi connectivity index (χ0) is 24.1. The van der Waals surface area contributed by atoms with Crippen LogP contribution in [0.2, 0.25) is 0 Å². The first kappa shape index (κ1) is 22.5. The summed E-state index contributed by atoms with van der Waals surface area (Å²) >= 11 is 0. The second-order valence-corrected chi connectivity index (χ2v) is 7.83. The summed E-state index contributed by atoms with van der Waals surface area (Å²) < 4.78 is 51.1. The van der Waals surface area contributed by atoms with E-state index in [1.165, 1.54) is 22.3 Å². The van der Waals surface area contributed by atoms with Crippen molar-refractivity contribution in [2.75, 3.05) is 7.11 Å². The second kappa shape index (κ2) is 8.04. The molecule has 3 aromatic heterocycles. The molecule has 4 rings (SSSR count). The van der Waals surface area contributed by atoms with E-state index in [2.05, 4.69) is 21.3 Å². The third kappa shape index (κ3) is 3.86. The minimum Gasteiger partial charge on any atom is -0.465 e. The van der Waals surface area contributed by atoms with E-state index >= 15 is 0 Å². The number of pyridine rings is 1. The lowest BCUT2D eigenvalue weighted by Gasteiger charge is -2.16. The predicted octanol–water partition coefficient (Wildman–Crippen LogP) is 4.36. The number of aryl methyl sites for hydroxylation is 1. The largest absolute Gasteiger partial charge is 0.465 e. The van der Waals surface area contributed by atoms with E-state index in [4.69, 9.17) is 5.73 Å². The SMILES string of the molecule is C=CC(F)(F)Cn1c(-c2nc3cc(C(=O)OC)cc(F)c3n2C)cc2ccc(C(C)N)nc21. The summed E-state index contributed by atoms with van der Waals surface area (Å²) in [5, 5.41) is 0.594. The number of halogens is 3. The molecule has 1 unspecified atom stereocenters. The Morgan fingerprint density at radius 1 is 1.30 bits per heavy atom. The van der Waals surface area contributed by atoms with Crippen molar-refractivity contribution in [2.24, 2.45) is 12.8 Å². The summed E-state index contributed by atoms with van der Waals surface area (Å²) in [6.45, 7) is 4.22. The van der Waals surface area contributed by atoms with Crippen LogP contribution in [-0.4, -0.2) is 38.1 Å². The highest BCUT2D eigenvalue weighted by atomic mass is 19.3. The first-order valence-electron chi connectivity index (χ1n) is 10.1. The van der Waals surface area contributed by atoms with Crippen LogP contribution in [0.15, 0.2) is 43.0 Å². The van der Waals surface area contributed by atoms with Crippen molar-refractivity contribution < 1.29 is 22.7 Å². The fourth-order valence-corrected chi connectivity index (χ4v) is 3.78. The van der Waals surface area contributed by atoms with E-state index in [0.717, 1.165) is 6.07 Å². The number of benzene rings is 1. The number of allylic oxidation sites excluding steroid dienone is 1. The molecule has 0 saturated carbocycles. The average Bonchev–Trinajstić information content (AvgIpc) is 3.29. The number of fused-ring (bicyclic) bond motifs is 2. The number of hydrogen-bond donors (Lipinski definition) is 1. The van der Waals surface area contributed by atoms with Crippen molar-refractivity contribution in [2.45, 2.75) is 25.4 Å².